The summed E-state index contributed by atoms with van der Waals surface area (Å²) in [7, 11) is 5.22. The van der Waals surface area contributed by atoms with Crippen LogP contribution in [0.4, 0.5) is 5.69 Å². The molecule has 0 aliphatic heterocycles. The van der Waals surface area contributed by atoms with Crippen LogP contribution in [0.1, 0.15) is 6.92 Å². The van der Waals surface area contributed by atoms with Crippen LogP contribution in [0.3, 0.4) is 0 Å². The Balaban J connectivity index is 2.60. The molecule has 2 atom stereocenters. The first-order valence-corrected chi connectivity index (χ1v) is 6.78. The summed E-state index contributed by atoms with van der Waals surface area (Å²) in [5.41, 5.74) is 0.654. The highest BCUT2D eigenvalue weighted by Crippen LogP contribution is 2.14. The maximum Gasteiger partial charge on any atom is 0.282 e. The van der Waals surface area contributed by atoms with Crippen LogP contribution in [0.5, 0.6) is 0 Å². The topological polar surface area (TPSA) is 53.9 Å². The molecule has 2 N–H and O–H groups in total. The number of benzene rings is 1. The zero-order chi connectivity index (χ0) is 15.3. The lowest BCUT2D eigenvalue weighted by atomic mass is 10.2. The van der Waals surface area contributed by atoms with Crippen molar-refractivity contribution in [2.24, 2.45) is 0 Å². The van der Waals surface area contributed by atoms with Gasteiger partial charge in [0.1, 0.15) is 0 Å². The van der Waals surface area contributed by atoms with Gasteiger partial charge in [0.25, 0.3) is 11.8 Å². The first kappa shape index (κ1) is 16.5. The molecule has 0 aromatic heterocycles. The van der Waals surface area contributed by atoms with Crippen molar-refractivity contribution in [3.63, 3.8) is 0 Å². The third-order valence-corrected chi connectivity index (χ3v) is 3.39. The van der Waals surface area contributed by atoms with Crippen molar-refractivity contribution >= 4 is 29.1 Å². The molecule has 0 aliphatic carbocycles. The highest BCUT2D eigenvalue weighted by molar-refractivity contribution is 6.30. The van der Waals surface area contributed by atoms with E-state index in [1.54, 1.807) is 45.3 Å². The zero-order valence-corrected chi connectivity index (χ0v) is 13.0. The molecule has 0 bridgehead atoms. The van der Waals surface area contributed by atoms with Gasteiger partial charge in [-0.1, -0.05) is 17.7 Å². The number of nitrogens with zero attached hydrogens (tertiary/aromatic N) is 1. The lowest BCUT2D eigenvalue weighted by Gasteiger charge is -2.22. The van der Waals surface area contributed by atoms with Crippen molar-refractivity contribution in [2.45, 2.75) is 13.0 Å². The average molecular weight is 299 g/mol. The normalized spacial score (nSPS) is 13.4. The minimum atomic E-state index is -0.335. The summed E-state index contributed by atoms with van der Waals surface area (Å²) in [5.74, 6) is -0.152. The third-order valence-electron chi connectivity index (χ3n) is 3.15. The fourth-order valence-corrected chi connectivity index (χ4v) is 1.78. The molecule has 1 unspecified atom stereocenters. The molecule has 1 rings (SSSR count). The largest absolute Gasteiger partial charge is 0.344 e. The van der Waals surface area contributed by atoms with E-state index in [-0.39, 0.29) is 24.4 Å². The van der Waals surface area contributed by atoms with Crippen LogP contribution in [0.15, 0.2) is 24.3 Å². The lowest BCUT2D eigenvalue weighted by molar-refractivity contribution is -0.886. The summed E-state index contributed by atoms with van der Waals surface area (Å²) >= 11 is 5.87. The minimum Gasteiger partial charge on any atom is -0.344 e. The van der Waals surface area contributed by atoms with Crippen molar-refractivity contribution in [1.29, 1.82) is 0 Å². The van der Waals surface area contributed by atoms with Crippen LogP contribution in [-0.2, 0) is 9.59 Å². The van der Waals surface area contributed by atoms with E-state index >= 15 is 0 Å². The van der Waals surface area contributed by atoms with Crippen LogP contribution in [0.25, 0.3) is 0 Å². The van der Waals surface area contributed by atoms with Crippen LogP contribution in [-0.4, -0.2) is 50.4 Å². The third kappa shape index (κ3) is 4.83. The molecule has 0 radical (unpaired) electrons. The first-order chi connectivity index (χ1) is 9.31. The lowest BCUT2D eigenvalue weighted by Crippen LogP contribution is -3.15. The maximum absolute atomic E-state index is 12.1. The van der Waals surface area contributed by atoms with Crippen molar-refractivity contribution in [2.75, 3.05) is 33.0 Å². The highest BCUT2D eigenvalue weighted by Gasteiger charge is 2.24. The highest BCUT2D eigenvalue weighted by atomic mass is 35.5. The predicted octanol–water partition coefficient (Wildman–Crippen LogP) is 0.270. The number of amides is 2. The monoisotopic (exact) mass is 298 g/mol. The number of rotatable bonds is 5. The number of likely N-dealkylation sites (N-methyl/N-ethyl adjacent to an activating group) is 2. The first-order valence-electron chi connectivity index (χ1n) is 6.40. The van der Waals surface area contributed by atoms with Gasteiger partial charge in [-0.25, -0.2) is 0 Å². The van der Waals surface area contributed by atoms with Gasteiger partial charge in [-0.3, -0.25) is 9.59 Å². The van der Waals surface area contributed by atoms with Crippen molar-refractivity contribution < 1.29 is 14.5 Å². The van der Waals surface area contributed by atoms with E-state index in [9.17, 15) is 9.59 Å². The van der Waals surface area contributed by atoms with Gasteiger partial charge in [-0.05, 0) is 25.1 Å². The van der Waals surface area contributed by atoms with Gasteiger partial charge in [-0.15, -0.1) is 0 Å². The summed E-state index contributed by atoms with van der Waals surface area (Å²) in [6.07, 6.45) is 0. The molecule has 0 saturated carbocycles. The second kappa shape index (κ2) is 7.26. The molecule has 110 valence electrons. The molecule has 2 amide bonds. The molecule has 0 aliphatic rings. The number of hydrogen-bond donors (Lipinski definition) is 2. The van der Waals surface area contributed by atoms with Gasteiger partial charge in [0.15, 0.2) is 12.6 Å². The van der Waals surface area contributed by atoms with E-state index in [1.165, 1.54) is 4.90 Å². The SMILES string of the molecule is C[C@@H](C(=O)Nc1cccc(Cl)c1)[NH+](C)CC(=O)N(C)C. The Bertz CT molecular complexity index is 491. The molecule has 0 saturated heterocycles. The van der Waals surface area contributed by atoms with Gasteiger partial charge >= 0.3 is 0 Å². The summed E-state index contributed by atoms with van der Waals surface area (Å²) in [6.45, 7) is 2.06. The van der Waals surface area contributed by atoms with E-state index < -0.39 is 0 Å². The Morgan fingerprint density at radius 1 is 1.40 bits per heavy atom. The molecular weight excluding hydrogens is 278 g/mol. The van der Waals surface area contributed by atoms with E-state index in [0.717, 1.165) is 4.90 Å². The molecular formula is C14H21ClN3O2+. The Hall–Kier alpha value is -1.59. The number of hydrogen-bond acceptors (Lipinski definition) is 2. The molecule has 1 aromatic rings. The average Bonchev–Trinajstić information content (AvgIpc) is 2.37. The second-order valence-corrected chi connectivity index (χ2v) is 5.47. The fourth-order valence-electron chi connectivity index (χ4n) is 1.59. The predicted molar refractivity (Wildman–Crippen MR) is 80.0 cm³/mol. The van der Waals surface area contributed by atoms with Gasteiger partial charge in [0.05, 0.1) is 7.05 Å². The van der Waals surface area contributed by atoms with Gasteiger partial charge in [-0.2, -0.15) is 0 Å². The minimum absolute atomic E-state index is 0.00935. The summed E-state index contributed by atoms with van der Waals surface area (Å²) in [4.78, 5) is 26.1. The zero-order valence-electron chi connectivity index (χ0n) is 12.2. The molecule has 0 spiro atoms. The Labute approximate surface area is 124 Å². The van der Waals surface area contributed by atoms with Gasteiger partial charge in [0, 0.05) is 24.8 Å². The standard InChI is InChI=1S/C14H20ClN3O2/c1-10(18(4)9-13(19)17(2)3)14(20)16-12-7-5-6-11(15)8-12/h5-8,10H,9H2,1-4H3,(H,16,20)/p+1/t10-/m0/s1. The van der Waals surface area contributed by atoms with Crippen LogP contribution in [0.2, 0.25) is 5.02 Å². The Kier molecular flexibility index (Phi) is 5.98. The van der Waals surface area contributed by atoms with E-state index in [0.29, 0.717) is 10.7 Å². The number of quaternary nitrogens is 1. The van der Waals surface area contributed by atoms with Crippen molar-refractivity contribution in [3.8, 4) is 0 Å². The summed E-state index contributed by atoms with van der Waals surface area (Å²) < 4.78 is 0. The number of anilines is 1. The smallest absolute Gasteiger partial charge is 0.282 e. The van der Waals surface area contributed by atoms with Crippen molar-refractivity contribution in [3.05, 3.63) is 29.3 Å². The number of nitrogens with one attached hydrogen (secondary N) is 2. The molecule has 1 aromatic carbocycles. The van der Waals surface area contributed by atoms with Gasteiger partial charge < -0.3 is 15.1 Å². The molecule has 20 heavy (non-hydrogen) atoms. The van der Waals surface area contributed by atoms with E-state index in [1.807, 2.05) is 7.05 Å². The molecule has 5 nitrogen and oxygen atoms in total. The fraction of sp³-hybridized carbons (Fsp3) is 0.429. The quantitative estimate of drug-likeness (QED) is 0.820. The summed E-state index contributed by atoms with van der Waals surface area (Å²) in [6, 6.07) is 6.64. The van der Waals surface area contributed by atoms with Crippen LogP contribution < -0.4 is 10.2 Å². The number of carbonyl (C=O) groups is 2. The molecule has 6 heteroatoms. The van der Waals surface area contributed by atoms with Gasteiger partial charge in [0.2, 0.25) is 0 Å². The molecule has 0 fully saturated rings. The van der Waals surface area contributed by atoms with E-state index in [4.69, 9.17) is 11.6 Å². The number of carbonyl (C=O) groups excluding carboxylic acids is 2. The summed E-state index contributed by atoms with van der Waals surface area (Å²) in [5, 5.41) is 3.37. The van der Waals surface area contributed by atoms with E-state index in [2.05, 4.69) is 5.32 Å². The maximum atomic E-state index is 12.1. The van der Waals surface area contributed by atoms with Crippen LogP contribution >= 0.6 is 11.6 Å². The molecule has 0 heterocycles. The Morgan fingerprint density at radius 3 is 2.60 bits per heavy atom. The van der Waals surface area contributed by atoms with Crippen molar-refractivity contribution in [1.82, 2.24) is 4.90 Å². The van der Waals surface area contributed by atoms with Crippen LogP contribution in [0, 0.1) is 0 Å². The second-order valence-electron chi connectivity index (χ2n) is 5.03. The number of halogens is 1. The Morgan fingerprint density at radius 2 is 2.05 bits per heavy atom.